The summed E-state index contributed by atoms with van der Waals surface area (Å²) >= 11 is 0. The van der Waals surface area contributed by atoms with Gasteiger partial charge in [0.2, 0.25) is 5.91 Å². The summed E-state index contributed by atoms with van der Waals surface area (Å²) in [6, 6.07) is 1.91. The van der Waals surface area contributed by atoms with Gasteiger partial charge >= 0.3 is 0 Å². The van der Waals surface area contributed by atoms with E-state index in [-0.39, 0.29) is 5.91 Å². The maximum absolute atomic E-state index is 11.4. The fourth-order valence-corrected chi connectivity index (χ4v) is 1.51. The van der Waals surface area contributed by atoms with Crippen LogP contribution in [0.25, 0.3) is 0 Å². The number of nitrogens with zero attached hydrogens (tertiary/aromatic N) is 1. The van der Waals surface area contributed by atoms with Gasteiger partial charge in [-0.05, 0) is 19.4 Å². The van der Waals surface area contributed by atoms with Crippen LogP contribution in [0, 0.1) is 6.92 Å². The molecule has 0 aromatic carbocycles. The van der Waals surface area contributed by atoms with Crippen molar-refractivity contribution in [3.8, 4) is 5.75 Å². The lowest BCUT2D eigenvalue weighted by Crippen LogP contribution is -2.25. The molecule has 18 heavy (non-hydrogen) atoms. The van der Waals surface area contributed by atoms with Crippen LogP contribution < -0.4 is 15.4 Å². The minimum Gasteiger partial charge on any atom is -0.493 e. The van der Waals surface area contributed by atoms with Gasteiger partial charge in [-0.1, -0.05) is 6.92 Å². The number of nitrogens with one attached hydrogen (secondary N) is 2. The van der Waals surface area contributed by atoms with Crippen molar-refractivity contribution in [3.63, 3.8) is 0 Å². The van der Waals surface area contributed by atoms with Gasteiger partial charge in [-0.2, -0.15) is 0 Å². The quantitative estimate of drug-likeness (QED) is 0.774. The number of amides is 1. The van der Waals surface area contributed by atoms with E-state index in [1.165, 1.54) is 0 Å². The van der Waals surface area contributed by atoms with Gasteiger partial charge in [0.05, 0.1) is 19.0 Å². The largest absolute Gasteiger partial charge is 0.493 e. The summed E-state index contributed by atoms with van der Waals surface area (Å²) < 4.78 is 5.20. The number of methoxy groups -OCH3 is 1. The molecule has 0 fully saturated rings. The predicted molar refractivity (Wildman–Crippen MR) is 71.9 cm³/mol. The van der Waals surface area contributed by atoms with E-state index in [1.54, 1.807) is 13.3 Å². The number of carbonyl (C=O) groups is 1. The van der Waals surface area contributed by atoms with Gasteiger partial charge in [0.1, 0.15) is 0 Å². The van der Waals surface area contributed by atoms with Crippen LogP contribution in [0.15, 0.2) is 12.3 Å². The summed E-state index contributed by atoms with van der Waals surface area (Å²) in [6.07, 6.45) is 3.08. The second-order valence-corrected chi connectivity index (χ2v) is 4.05. The molecule has 0 spiro atoms. The van der Waals surface area contributed by atoms with Crippen LogP contribution >= 0.6 is 0 Å². The Kier molecular flexibility index (Phi) is 5.97. The molecule has 0 aliphatic carbocycles. The van der Waals surface area contributed by atoms with Crippen molar-refractivity contribution in [2.24, 2.45) is 0 Å². The Hall–Kier alpha value is -1.78. The van der Waals surface area contributed by atoms with E-state index in [0.29, 0.717) is 18.7 Å². The molecule has 1 aromatic rings. The van der Waals surface area contributed by atoms with Crippen LogP contribution in [0.2, 0.25) is 0 Å². The standard InChI is InChI=1S/C13H21N3O2/c1-4-6-15-13(17)5-7-14-11-8-10(2)16-9-12(11)18-3/h8-9H,4-7H2,1-3H3,(H,14,16)(H,15,17). The van der Waals surface area contributed by atoms with Crippen LogP contribution in [0.4, 0.5) is 5.69 Å². The highest BCUT2D eigenvalue weighted by molar-refractivity contribution is 5.76. The molecule has 5 heteroatoms. The SMILES string of the molecule is CCCNC(=O)CCNc1cc(C)ncc1OC. The lowest BCUT2D eigenvalue weighted by atomic mass is 10.3. The van der Waals surface area contributed by atoms with E-state index in [9.17, 15) is 4.79 Å². The number of pyridine rings is 1. The van der Waals surface area contributed by atoms with Gasteiger partial charge in [-0.25, -0.2) is 0 Å². The number of aryl methyl sites for hydroxylation is 1. The van der Waals surface area contributed by atoms with Crippen molar-refractivity contribution in [1.82, 2.24) is 10.3 Å². The summed E-state index contributed by atoms with van der Waals surface area (Å²) in [7, 11) is 1.60. The molecule has 0 atom stereocenters. The number of ether oxygens (including phenoxy) is 1. The Morgan fingerprint density at radius 1 is 1.44 bits per heavy atom. The number of hydrogen-bond acceptors (Lipinski definition) is 4. The maximum Gasteiger partial charge on any atom is 0.221 e. The second kappa shape index (κ2) is 7.53. The highest BCUT2D eigenvalue weighted by Gasteiger charge is 2.05. The average molecular weight is 251 g/mol. The van der Waals surface area contributed by atoms with Crippen molar-refractivity contribution in [1.29, 1.82) is 0 Å². The molecule has 1 rings (SSSR count). The minimum absolute atomic E-state index is 0.0640. The first kappa shape index (κ1) is 14.3. The number of carbonyl (C=O) groups excluding carboxylic acids is 1. The summed E-state index contributed by atoms with van der Waals surface area (Å²) in [6.45, 7) is 5.26. The van der Waals surface area contributed by atoms with Crippen LogP contribution in [0.1, 0.15) is 25.5 Å². The van der Waals surface area contributed by atoms with Gasteiger partial charge in [0.15, 0.2) is 5.75 Å². The number of rotatable bonds is 7. The van der Waals surface area contributed by atoms with Crippen LogP contribution in [-0.4, -0.2) is 31.1 Å². The third-order valence-corrected chi connectivity index (χ3v) is 2.46. The van der Waals surface area contributed by atoms with Crippen molar-refractivity contribution in [2.75, 3.05) is 25.5 Å². The predicted octanol–water partition coefficient (Wildman–Crippen LogP) is 1.73. The fraction of sp³-hybridized carbons (Fsp3) is 0.538. The Morgan fingerprint density at radius 3 is 2.89 bits per heavy atom. The number of anilines is 1. The third-order valence-electron chi connectivity index (χ3n) is 2.46. The van der Waals surface area contributed by atoms with E-state index < -0.39 is 0 Å². The summed E-state index contributed by atoms with van der Waals surface area (Å²) in [5.41, 5.74) is 1.78. The molecule has 0 unspecified atom stereocenters. The van der Waals surface area contributed by atoms with Gasteiger partial charge < -0.3 is 15.4 Å². The van der Waals surface area contributed by atoms with Gasteiger partial charge in [0.25, 0.3) is 0 Å². The topological polar surface area (TPSA) is 63.2 Å². The van der Waals surface area contributed by atoms with E-state index in [1.807, 2.05) is 19.9 Å². The minimum atomic E-state index is 0.0640. The van der Waals surface area contributed by atoms with Gasteiger partial charge in [0, 0.05) is 25.2 Å². The van der Waals surface area contributed by atoms with Crippen LogP contribution in [-0.2, 0) is 4.79 Å². The molecule has 0 saturated heterocycles. The molecular formula is C13H21N3O2. The van der Waals surface area contributed by atoms with E-state index in [0.717, 1.165) is 24.3 Å². The normalized spacial score (nSPS) is 9.94. The molecule has 0 bridgehead atoms. The van der Waals surface area contributed by atoms with Crippen molar-refractivity contribution < 1.29 is 9.53 Å². The molecule has 0 saturated carbocycles. The van der Waals surface area contributed by atoms with Gasteiger partial charge in [-0.15, -0.1) is 0 Å². The summed E-state index contributed by atoms with van der Waals surface area (Å²) in [4.78, 5) is 15.6. The second-order valence-electron chi connectivity index (χ2n) is 4.05. The summed E-state index contributed by atoms with van der Waals surface area (Å²) in [5.74, 6) is 0.753. The van der Waals surface area contributed by atoms with E-state index >= 15 is 0 Å². The Labute approximate surface area is 108 Å². The fourth-order valence-electron chi connectivity index (χ4n) is 1.51. The Morgan fingerprint density at radius 2 is 2.22 bits per heavy atom. The van der Waals surface area contributed by atoms with Crippen molar-refractivity contribution in [3.05, 3.63) is 18.0 Å². The lowest BCUT2D eigenvalue weighted by molar-refractivity contribution is -0.120. The monoisotopic (exact) mass is 251 g/mol. The molecule has 1 amide bonds. The van der Waals surface area contributed by atoms with E-state index in [4.69, 9.17) is 4.74 Å². The Balaban J connectivity index is 2.43. The first-order valence-corrected chi connectivity index (χ1v) is 6.18. The average Bonchev–Trinajstić information content (AvgIpc) is 2.36. The molecule has 0 aliphatic rings. The zero-order valence-corrected chi connectivity index (χ0v) is 11.2. The first-order valence-electron chi connectivity index (χ1n) is 6.18. The summed E-state index contributed by atoms with van der Waals surface area (Å²) in [5, 5.41) is 6.02. The molecule has 0 radical (unpaired) electrons. The zero-order chi connectivity index (χ0) is 13.4. The third kappa shape index (κ3) is 4.61. The highest BCUT2D eigenvalue weighted by atomic mass is 16.5. The van der Waals surface area contributed by atoms with Crippen molar-refractivity contribution in [2.45, 2.75) is 26.7 Å². The molecule has 1 aromatic heterocycles. The molecule has 5 nitrogen and oxygen atoms in total. The molecule has 100 valence electrons. The Bertz CT molecular complexity index is 394. The molecule has 2 N–H and O–H groups in total. The van der Waals surface area contributed by atoms with Crippen LogP contribution in [0.5, 0.6) is 5.75 Å². The smallest absolute Gasteiger partial charge is 0.221 e. The highest BCUT2D eigenvalue weighted by Crippen LogP contribution is 2.23. The lowest BCUT2D eigenvalue weighted by Gasteiger charge is -2.11. The molecule has 0 aliphatic heterocycles. The first-order chi connectivity index (χ1) is 8.67. The zero-order valence-electron chi connectivity index (χ0n) is 11.2. The maximum atomic E-state index is 11.4. The number of hydrogen-bond donors (Lipinski definition) is 2. The van der Waals surface area contributed by atoms with E-state index in [2.05, 4.69) is 15.6 Å². The van der Waals surface area contributed by atoms with Crippen LogP contribution in [0.3, 0.4) is 0 Å². The van der Waals surface area contributed by atoms with Gasteiger partial charge in [-0.3, -0.25) is 9.78 Å². The molecule has 1 heterocycles. The molecular weight excluding hydrogens is 230 g/mol. The van der Waals surface area contributed by atoms with Crippen molar-refractivity contribution >= 4 is 11.6 Å². The number of aromatic nitrogens is 1.